The fourth-order valence-electron chi connectivity index (χ4n) is 4.86. The average molecular weight is 569 g/mol. The third kappa shape index (κ3) is 6.44. The number of aryl methyl sites for hydroxylation is 1. The fraction of sp³-hybridized carbons (Fsp3) is 0.652. The van der Waals surface area contributed by atoms with Crippen LogP contribution in [-0.4, -0.2) is 70.5 Å². The van der Waals surface area contributed by atoms with Gasteiger partial charge in [-0.25, -0.2) is 26.9 Å². The molecular weight excluding hydrogens is 540 g/mol. The topological polar surface area (TPSA) is 159 Å². The zero-order chi connectivity index (χ0) is 28.4. The highest BCUT2D eigenvalue weighted by Gasteiger charge is 2.41. The number of amides is 2. The van der Waals surface area contributed by atoms with Crippen LogP contribution in [0.15, 0.2) is 17.0 Å². The maximum atomic E-state index is 13.8. The molecule has 0 spiro atoms. The van der Waals surface area contributed by atoms with Crippen molar-refractivity contribution < 1.29 is 31.8 Å². The summed E-state index contributed by atoms with van der Waals surface area (Å²) in [4.78, 5) is 26.2. The molecule has 0 aliphatic heterocycles. The summed E-state index contributed by atoms with van der Waals surface area (Å²) in [6, 6.07) is -2.19. The Morgan fingerprint density at radius 2 is 1.93 bits per heavy atom. The van der Waals surface area contributed by atoms with E-state index in [1.807, 2.05) is 0 Å². The van der Waals surface area contributed by atoms with E-state index in [9.17, 15) is 27.2 Å². The van der Waals surface area contributed by atoms with E-state index in [1.54, 1.807) is 0 Å². The van der Waals surface area contributed by atoms with E-state index < -0.39 is 61.4 Å². The number of aromatic nitrogens is 8. The molecule has 3 aromatic heterocycles. The number of hydrogen-bond donors (Lipinski definition) is 2. The molecule has 13 nitrogen and oxygen atoms in total. The Kier molecular flexibility index (Phi) is 7.80. The first-order chi connectivity index (χ1) is 19.1. The Morgan fingerprint density at radius 1 is 1.18 bits per heavy atom. The molecule has 2 aliphatic rings. The summed E-state index contributed by atoms with van der Waals surface area (Å²) >= 11 is 0. The van der Waals surface area contributed by atoms with E-state index in [1.165, 1.54) is 28.7 Å². The van der Waals surface area contributed by atoms with Gasteiger partial charge in [-0.05, 0) is 60.0 Å². The van der Waals surface area contributed by atoms with Gasteiger partial charge in [0, 0.05) is 32.0 Å². The molecule has 3 heterocycles. The predicted octanol–water partition coefficient (Wildman–Crippen LogP) is 2.78. The van der Waals surface area contributed by atoms with Crippen molar-refractivity contribution in [3.63, 3.8) is 0 Å². The highest BCUT2D eigenvalue weighted by molar-refractivity contribution is 6.00. The molecule has 0 radical (unpaired) electrons. The van der Waals surface area contributed by atoms with Crippen molar-refractivity contribution in [1.82, 2.24) is 45.6 Å². The highest BCUT2D eigenvalue weighted by Crippen LogP contribution is 2.38. The minimum Gasteiger partial charge on any atom is -0.338 e. The molecule has 2 atom stereocenters. The molecule has 17 heteroatoms. The average Bonchev–Trinajstić information content (AvgIpc) is 3.23. The number of nitrogens with one attached hydrogen (secondary N) is 2. The molecule has 2 fully saturated rings. The summed E-state index contributed by atoms with van der Waals surface area (Å²) < 4.78 is 62.0. The van der Waals surface area contributed by atoms with Crippen molar-refractivity contribution in [2.75, 3.05) is 5.32 Å². The summed E-state index contributed by atoms with van der Waals surface area (Å²) in [5.74, 6) is -4.24. The van der Waals surface area contributed by atoms with Gasteiger partial charge in [-0.15, -0.1) is 5.10 Å². The van der Waals surface area contributed by atoms with E-state index in [-0.39, 0.29) is 35.7 Å². The zero-order valence-corrected chi connectivity index (χ0v) is 21.5. The molecule has 2 saturated carbocycles. The standard InChI is InChI=1S/C23H28F4N10O3/c1-12-18(33-40-32-12)21(38)30-19(14-4-6-23(26,27)7-5-14)22(39)29-15-9-28-36(11-15)16(8-17(24)25)20-31-34-35-37(20)10-13-2-3-13/h9,11,13-14,16-17,19H,2-8,10H2,1H3,(H,29,39)(H,30,38)/t16?,19-/m0/s1. The zero-order valence-electron chi connectivity index (χ0n) is 21.5. The van der Waals surface area contributed by atoms with Crippen LogP contribution in [0.1, 0.15) is 73.0 Å². The van der Waals surface area contributed by atoms with Gasteiger partial charge in [-0.3, -0.25) is 14.3 Å². The van der Waals surface area contributed by atoms with Gasteiger partial charge in [0.05, 0.1) is 11.9 Å². The Bertz CT molecular complexity index is 1330. The number of tetrazole rings is 1. The first-order valence-corrected chi connectivity index (χ1v) is 13.0. The second-order valence-corrected chi connectivity index (χ2v) is 10.3. The highest BCUT2D eigenvalue weighted by atomic mass is 19.3. The summed E-state index contributed by atoms with van der Waals surface area (Å²) in [5, 5.41) is 28.0. The van der Waals surface area contributed by atoms with E-state index >= 15 is 0 Å². The number of hydrogen-bond acceptors (Lipinski definition) is 9. The van der Waals surface area contributed by atoms with Crippen molar-refractivity contribution in [3.05, 3.63) is 29.6 Å². The van der Waals surface area contributed by atoms with Gasteiger partial charge in [-0.2, -0.15) is 5.10 Å². The van der Waals surface area contributed by atoms with Crippen LogP contribution < -0.4 is 10.6 Å². The van der Waals surface area contributed by atoms with Gasteiger partial charge in [0.1, 0.15) is 17.8 Å². The van der Waals surface area contributed by atoms with Crippen molar-refractivity contribution in [3.8, 4) is 0 Å². The molecule has 2 aliphatic carbocycles. The van der Waals surface area contributed by atoms with Gasteiger partial charge in [0.2, 0.25) is 18.3 Å². The summed E-state index contributed by atoms with van der Waals surface area (Å²) in [7, 11) is 0. The Hall–Kier alpha value is -3.92. The van der Waals surface area contributed by atoms with Gasteiger partial charge >= 0.3 is 0 Å². The molecule has 5 rings (SSSR count). The van der Waals surface area contributed by atoms with Crippen LogP contribution in [0.3, 0.4) is 0 Å². The molecule has 0 saturated heterocycles. The molecule has 1 unspecified atom stereocenters. The predicted molar refractivity (Wildman–Crippen MR) is 127 cm³/mol. The molecule has 0 aromatic carbocycles. The molecular formula is C23H28F4N10O3. The van der Waals surface area contributed by atoms with Crippen molar-refractivity contribution >= 4 is 17.5 Å². The quantitative estimate of drug-likeness (QED) is 0.332. The fourth-order valence-corrected chi connectivity index (χ4v) is 4.86. The van der Waals surface area contributed by atoms with Crippen LogP contribution in [-0.2, 0) is 11.3 Å². The lowest BCUT2D eigenvalue weighted by Gasteiger charge is -2.33. The van der Waals surface area contributed by atoms with Crippen LogP contribution in [0.25, 0.3) is 0 Å². The monoisotopic (exact) mass is 568 g/mol. The Labute approximate surface area is 225 Å². The summed E-state index contributed by atoms with van der Waals surface area (Å²) in [6.45, 7) is 2.00. The van der Waals surface area contributed by atoms with Crippen LogP contribution in [0.5, 0.6) is 0 Å². The number of alkyl halides is 4. The van der Waals surface area contributed by atoms with Crippen molar-refractivity contribution in [1.29, 1.82) is 0 Å². The largest absolute Gasteiger partial charge is 0.338 e. The first kappa shape index (κ1) is 27.6. The van der Waals surface area contributed by atoms with Crippen LogP contribution in [0, 0.1) is 18.8 Å². The van der Waals surface area contributed by atoms with E-state index in [4.69, 9.17) is 0 Å². The summed E-state index contributed by atoms with van der Waals surface area (Å²) in [6.07, 6.45) is 0.513. The van der Waals surface area contributed by atoms with Gasteiger partial charge in [0.15, 0.2) is 11.5 Å². The minimum absolute atomic E-state index is 0.000785. The molecule has 3 aromatic rings. The molecule has 0 bridgehead atoms. The SMILES string of the molecule is Cc1nonc1C(=O)N[C@H](C(=O)Nc1cnn(C(CC(F)F)c2nnnn2CC2CC2)c1)C1CCC(F)(F)CC1. The lowest BCUT2D eigenvalue weighted by Crippen LogP contribution is -2.50. The molecule has 216 valence electrons. The minimum atomic E-state index is -2.84. The maximum Gasteiger partial charge on any atom is 0.276 e. The Morgan fingerprint density at radius 3 is 2.58 bits per heavy atom. The van der Waals surface area contributed by atoms with Gasteiger partial charge < -0.3 is 10.6 Å². The second kappa shape index (κ2) is 11.3. The first-order valence-electron chi connectivity index (χ1n) is 13.0. The second-order valence-electron chi connectivity index (χ2n) is 10.3. The van der Waals surface area contributed by atoms with E-state index in [2.05, 4.69) is 46.2 Å². The normalized spacial score (nSPS) is 18.9. The van der Waals surface area contributed by atoms with Crippen molar-refractivity contribution in [2.45, 2.75) is 82.8 Å². The molecule has 2 amide bonds. The van der Waals surface area contributed by atoms with E-state index in [0.717, 1.165) is 12.8 Å². The number of nitrogens with zero attached hydrogens (tertiary/aromatic N) is 8. The number of anilines is 1. The van der Waals surface area contributed by atoms with Crippen LogP contribution >= 0.6 is 0 Å². The maximum absolute atomic E-state index is 13.8. The van der Waals surface area contributed by atoms with Crippen molar-refractivity contribution in [2.24, 2.45) is 11.8 Å². The van der Waals surface area contributed by atoms with Gasteiger partial charge in [-0.1, -0.05) is 5.16 Å². The van der Waals surface area contributed by atoms with Gasteiger partial charge in [0.25, 0.3) is 5.91 Å². The van der Waals surface area contributed by atoms with Crippen LogP contribution in [0.2, 0.25) is 0 Å². The smallest absolute Gasteiger partial charge is 0.276 e. The molecule has 2 N–H and O–H groups in total. The lowest BCUT2D eigenvalue weighted by atomic mass is 9.81. The van der Waals surface area contributed by atoms with E-state index in [0.29, 0.717) is 12.5 Å². The number of halogens is 4. The number of rotatable bonds is 11. The summed E-state index contributed by atoms with van der Waals surface area (Å²) in [5.41, 5.74) is 0.220. The number of carbonyl (C=O) groups excluding carboxylic acids is 2. The molecule has 40 heavy (non-hydrogen) atoms. The third-order valence-corrected chi connectivity index (χ3v) is 7.25. The number of carbonyl (C=O) groups is 2. The lowest BCUT2D eigenvalue weighted by molar-refractivity contribution is -0.121. The Balaban J connectivity index is 1.34. The van der Waals surface area contributed by atoms with Crippen LogP contribution in [0.4, 0.5) is 23.2 Å². The third-order valence-electron chi connectivity index (χ3n) is 7.25.